The molecule has 0 radical (unpaired) electrons. The molecule has 0 spiro atoms. The van der Waals surface area contributed by atoms with Gasteiger partial charge in [0.1, 0.15) is 17.3 Å². The predicted molar refractivity (Wildman–Crippen MR) is 106 cm³/mol. The van der Waals surface area contributed by atoms with E-state index in [4.69, 9.17) is 0 Å². The second-order valence-electron chi connectivity index (χ2n) is 7.42. The maximum atomic E-state index is 4.66. The first kappa shape index (κ1) is 17.5. The van der Waals surface area contributed by atoms with Crippen molar-refractivity contribution in [2.75, 3.05) is 0 Å². The lowest BCUT2D eigenvalue weighted by Crippen LogP contribution is -2.33. The van der Waals surface area contributed by atoms with Crippen LogP contribution in [0.3, 0.4) is 0 Å². The molecule has 136 valence electrons. The van der Waals surface area contributed by atoms with Crippen LogP contribution >= 0.6 is 0 Å². The molecule has 0 atom stereocenters. The highest BCUT2D eigenvalue weighted by Gasteiger charge is 2.28. The molecule has 4 rings (SSSR count). The van der Waals surface area contributed by atoms with Gasteiger partial charge in [-0.1, -0.05) is 11.6 Å². The van der Waals surface area contributed by atoms with Gasteiger partial charge in [0.2, 0.25) is 0 Å². The van der Waals surface area contributed by atoms with Crippen molar-refractivity contribution in [1.29, 1.82) is 0 Å². The van der Waals surface area contributed by atoms with Crippen LogP contribution in [0.15, 0.2) is 18.5 Å². The molecular formula is C22H24N5+. The minimum Gasteiger partial charge on any atom is -0.232 e. The highest BCUT2D eigenvalue weighted by molar-refractivity contribution is 5.88. The van der Waals surface area contributed by atoms with Crippen LogP contribution in [-0.2, 0) is 13.5 Å². The van der Waals surface area contributed by atoms with Crippen molar-refractivity contribution in [2.24, 2.45) is 7.05 Å². The molecule has 1 aliphatic carbocycles. The zero-order valence-corrected chi connectivity index (χ0v) is 16.8. The topological polar surface area (TPSA) is 55.4 Å². The second kappa shape index (κ2) is 6.34. The number of hydrogen-bond donors (Lipinski definition) is 0. The molecule has 5 nitrogen and oxygen atoms in total. The van der Waals surface area contributed by atoms with Gasteiger partial charge in [-0.15, -0.1) is 0 Å². The zero-order chi connectivity index (χ0) is 19.3. The summed E-state index contributed by atoms with van der Waals surface area (Å²) >= 11 is 0. The summed E-state index contributed by atoms with van der Waals surface area (Å²) in [7, 11) is 2.06. The van der Waals surface area contributed by atoms with E-state index in [2.05, 4.69) is 70.5 Å². The summed E-state index contributed by atoms with van der Waals surface area (Å²) in [6.07, 6.45) is 4.79. The van der Waals surface area contributed by atoms with E-state index in [1.807, 2.05) is 20.2 Å². The molecule has 0 saturated heterocycles. The third-order valence-electron chi connectivity index (χ3n) is 5.21. The minimum absolute atomic E-state index is 0.748. The second-order valence-corrected chi connectivity index (χ2v) is 7.42. The summed E-state index contributed by atoms with van der Waals surface area (Å²) in [6, 6.07) is 4.51. The fourth-order valence-corrected chi connectivity index (χ4v) is 3.87. The summed E-state index contributed by atoms with van der Waals surface area (Å²) in [4.78, 5) is 18.0. The molecule has 0 bridgehead atoms. The predicted octanol–water partition coefficient (Wildman–Crippen LogP) is 3.40. The fraction of sp³-hybridized carbons (Fsp3) is 0.318. The van der Waals surface area contributed by atoms with E-state index >= 15 is 0 Å². The molecule has 27 heavy (non-hydrogen) atoms. The summed E-state index contributed by atoms with van der Waals surface area (Å²) in [6.45, 7) is 10.3. The van der Waals surface area contributed by atoms with Crippen LogP contribution in [0.2, 0.25) is 0 Å². The van der Waals surface area contributed by atoms with Crippen LogP contribution in [0, 0.1) is 34.6 Å². The average Bonchev–Trinajstić information content (AvgIpc) is 3.02. The number of nitrogens with zero attached hydrogens (tertiary/aromatic N) is 5. The van der Waals surface area contributed by atoms with Gasteiger partial charge in [0.05, 0.1) is 12.6 Å². The number of rotatable bonds is 2. The van der Waals surface area contributed by atoms with Crippen LogP contribution in [0.4, 0.5) is 0 Å². The normalized spacial score (nSPS) is 12.9. The Hall–Kier alpha value is -2.95. The molecule has 2 aromatic heterocycles. The fourth-order valence-electron chi connectivity index (χ4n) is 3.87. The summed E-state index contributed by atoms with van der Waals surface area (Å²) in [5, 5.41) is 0. The number of aryl methyl sites for hydroxylation is 5. The summed E-state index contributed by atoms with van der Waals surface area (Å²) in [5.74, 6) is 2.25. The molecule has 1 aromatic carbocycles. The van der Waals surface area contributed by atoms with Gasteiger partial charge in [-0.05, 0) is 62.9 Å². The lowest BCUT2D eigenvalue weighted by atomic mass is 9.94. The zero-order valence-electron chi connectivity index (χ0n) is 16.8. The van der Waals surface area contributed by atoms with E-state index in [1.165, 1.54) is 33.5 Å². The van der Waals surface area contributed by atoms with E-state index in [0.29, 0.717) is 0 Å². The van der Waals surface area contributed by atoms with Crippen LogP contribution in [0.1, 0.15) is 45.4 Å². The lowest BCUT2D eigenvalue weighted by Gasteiger charge is -2.13. The Morgan fingerprint density at radius 2 is 1.63 bits per heavy atom. The van der Waals surface area contributed by atoms with Gasteiger partial charge in [-0.25, -0.2) is 19.5 Å². The monoisotopic (exact) mass is 358 g/mol. The number of allylic oxidation sites excluding steroid dienone is 1. The van der Waals surface area contributed by atoms with E-state index in [0.717, 1.165) is 35.2 Å². The van der Waals surface area contributed by atoms with Crippen molar-refractivity contribution in [3.8, 4) is 11.3 Å². The highest BCUT2D eigenvalue weighted by atomic mass is 15.0. The maximum absolute atomic E-state index is 4.66. The van der Waals surface area contributed by atoms with E-state index in [9.17, 15) is 0 Å². The maximum Gasteiger partial charge on any atom is 0.287 e. The van der Waals surface area contributed by atoms with E-state index in [-0.39, 0.29) is 0 Å². The van der Waals surface area contributed by atoms with Crippen molar-refractivity contribution >= 4 is 11.6 Å². The van der Waals surface area contributed by atoms with Gasteiger partial charge in [-0.3, -0.25) is 0 Å². The van der Waals surface area contributed by atoms with Crippen molar-refractivity contribution in [2.45, 2.75) is 41.0 Å². The quantitative estimate of drug-likeness (QED) is 0.659. The van der Waals surface area contributed by atoms with Gasteiger partial charge < -0.3 is 0 Å². The Balaban J connectivity index is 1.86. The molecule has 2 heterocycles. The first-order chi connectivity index (χ1) is 12.8. The summed E-state index contributed by atoms with van der Waals surface area (Å²) in [5.41, 5.74) is 9.72. The number of aromatic nitrogens is 5. The van der Waals surface area contributed by atoms with Gasteiger partial charge in [0, 0.05) is 17.6 Å². The number of benzene rings is 1. The van der Waals surface area contributed by atoms with Crippen molar-refractivity contribution in [1.82, 2.24) is 19.9 Å². The van der Waals surface area contributed by atoms with Crippen molar-refractivity contribution < 1.29 is 4.57 Å². The van der Waals surface area contributed by atoms with Gasteiger partial charge >= 0.3 is 0 Å². The lowest BCUT2D eigenvalue weighted by molar-refractivity contribution is -0.663. The molecule has 0 unspecified atom stereocenters. The standard InChI is InChI=1S/C22H24N5/c1-12-7-13(2)14(3)18(8-12)21-19-9-17(10-20(19)23-11-27(21)6)22-25-15(4)24-16(5)26-22/h7-8,10-11H,9H2,1-6H3/q+1. The molecule has 0 N–H and O–H groups in total. The third kappa shape index (κ3) is 3.03. The summed E-state index contributed by atoms with van der Waals surface area (Å²) < 4.78 is 2.13. The van der Waals surface area contributed by atoms with E-state index in [1.54, 1.807) is 0 Å². The van der Waals surface area contributed by atoms with E-state index < -0.39 is 0 Å². The largest absolute Gasteiger partial charge is 0.287 e. The first-order valence-corrected chi connectivity index (χ1v) is 9.19. The molecule has 0 aliphatic heterocycles. The molecule has 5 heteroatoms. The van der Waals surface area contributed by atoms with Gasteiger partial charge in [0.15, 0.2) is 11.5 Å². The van der Waals surface area contributed by atoms with Crippen molar-refractivity contribution in [3.05, 3.63) is 63.9 Å². The minimum atomic E-state index is 0.748. The van der Waals surface area contributed by atoms with Gasteiger partial charge in [0.25, 0.3) is 6.33 Å². The third-order valence-corrected chi connectivity index (χ3v) is 5.21. The molecule has 3 aromatic rings. The molecule has 0 amide bonds. The first-order valence-electron chi connectivity index (χ1n) is 9.19. The molecular weight excluding hydrogens is 334 g/mol. The Labute approximate surface area is 159 Å². The highest BCUT2D eigenvalue weighted by Crippen LogP contribution is 2.35. The van der Waals surface area contributed by atoms with Crippen LogP contribution < -0.4 is 4.57 Å². The van der Waals surface area contributed by atoms with Gasteiger partial charge in [-0.2, -0.15) is 0 Å². The Kier molecular flexibility index (Phi) is 4.10. The molecule has 1 aliphatic rings. The average molecular weight is 358 g/mol. The molecule has 0 fully saturated rings. The van der Waals surface area contributed by atoms with Crippen molar-refractivity contribution in [3.63, 3.8) is 0 Å². The Bertz CT molecular complexity index is 1090. The Morgan fingerprint density at radius 1 is 0.926 bits per heavy atom. The number of hydrogen-bond acceptors (Lipinski definition) is 4. The SMILES string of the molecule is Cc1cc(C)c(C)c(-c2c3c(nc[n+]2C)C=C(c2nc(C)nc(C)n2)C3)c1. The smallest absolute Gasteiger partial charge is 0.232 e. The van der Waals surface area contributed by atoms with Crippen LogP contribution in [0.25, 0.3) is 22.9 Å². The van der Waals surface area contributed by atoms with Crippen LogP contribution in [0.5, 0.6) is 0 Å². The number of fused-ring (bicyclic) bond motifs is 1. The van der Waals surface area contributed by atoms with Crippen LogP contribution in [-0.4, -0.2) is 19.9 Å². The molecule has 0 saturated carbocycles. The Morgan fingerprint density at radius 3 is 2.33 bits per heavy atom.